The largest absolute Gasteiger partial charge is 0.465 e. The van der Waals surface area contributed by atoms with Crippen molar-refractivity contribution in [1.82, 2.24) is 25.1 Å². The van der Waals surface area contributed by atoms with Gasteiger partial charge in [-0.1, -0.05) is 24.3 Å². The second kappa shape index (κ2) is 9.77. The predicted molar refractivity (Wildman–Crippen MR) is 124 cm³/mol. The first-order valence-corrected chi connectivity index (χ1v) is 11.1. The molecule has 0 bridgehead atoms. The van der Waals surface area contributed by atoms with E-state index < -0.39 is 17.2 Å². The van der Waals surface area contributed by atoms with Crippen molar-refractivity contribution in [3.8, 4) is 11.1 Å². The van der Waals surface area contributed by atoms with Gasteiger partial charge in [0.1, 0.15) is 17.9 Å². The standard InChI is InChI=1S/C23H26N6O5/c1-2-34-18(30)12-29-11-16(10-25-29)14-5-3-13(4-6-14)15-7-8-17(9-15)26-22(32)20-19(24)21(31)28-23(33)27-20/h3-6,10-11,15,17H,2,7-9,12,24H2,1H3,(H,26,32)(H2,27,28,31,33)/t15-,17+/m1/s1. The highest BCUT2D eigenvalue weighted by Crippen LogP contribution is 2.35. The van der Waals surface area contributed by atoms with Crippen LogP contribution in [0.5, 0.6) is 0 Å². The molecule has 0 aliphatic heterocycles. The Labute approximate surface area is 194 Å². The third kappa shape index (κ3) is 5.08. The molecule has 4 rings (SSSR count). The number of nitrogens with one attached hydrogen (secondary N) is 3. The van der Waals surface area contributed by atoms with Crippen molar-refractivity contribution in [2.24, 2.45) is 0 Å². The van der Waals surface area contributed by atoms with E-state index in [1.54, 1.807) is 24.0 Å². The zero-order valence-corrected chi connectivity index (χ0v) is 18.7. The highest BCUT2D eigenvalue weighted by molar-refractivity contribution is 5.97. The molecule has 11 nitrogen and oxygen atoms in total. The van der Waals surface area contributed by atoms with E-state index in [-0.39, 0.29) is 35.9 Å². The molecular formula is C23H26N6O5. The lowest BCUT2D eigenvalue weighted by Crippen LogP contribution is -2.37. The van der Waals surface area contributed by atoms with Gasteiger partial charge in [0, 0.05) is 17.8 Å². The number of nitrogen functional groups attached to an aromatic ring is 1. The summed E-state index contributed by atoms with van der Waals surface area (Å²) < 4.78 is 6.49. The maximum atomic E-state index is 12.5. The fourth-order valence-corrected chi connectivity index (χ4v) is 4.23. The normalized spacial score (nSPS) is 17.4. The van der Waals surface area contributed by atoms with Gasteiger partial charge >= 0.3 is 11.7 Å². The Kier molecular flexibility index (Phi) is 6.62. The molecule has 34 heavy (non-hydrogen) atoms. The van der Waals surface area contributed by atoms with Crippen LogP contribution in [0.15, 0.2) is 46.2 Å². The van der Waals surface area contributed by atoms with Gasteiger partial charge in [0.2, 0.25) is 0 Å². The maximum absolute atomic E-state index is 12.5. The smallest absolute Gasteiger partial charge is 0.327 e. The molecule has 0 saturated heterocycles. The molecule has 1 amide bonds. The van der Waals surface area contributed by atoms with Crippen molar-refractivity contribution in [2.75, 3.05) is 12.3 Å². The van der Waals surface area contributed by atoms with Crippen LogP contribution in [0.4, 0.5) is 5.69 Å². The first kappa shape index (κ1) is 23.0. The Bertz CT molecular complexity index is 1310. The number of H-pyrrole nitrogens is 2. The van der Waals surface area contributed by atoms with Crippen LogP contribution in [0, 0.1) is 0 Å². The van der Waals surface area contributed by atoms with Crippen LogP contribution >= 0.6 is 0 Å². The Morgan fingerprint density at radius 1 is 1.18 bits per heavy atom. The highest BCUT2D eigenvalue weighted by atomic mass is 16.5. The number of hydrogen-bond donors (Lipinski definition) is 4. The Hall–Kier alpha value is -4.15. The molecule has 0 unspecified atom stereocenters. The summed E-state index contributed by atoms with van der Waals surface area (Å²) in [6, 6.07) is 8.03. The van der Waals surface area contributed by atoms with Crippen LogP contribution in [0.1, 0.15) is 48.2 Å². The number of hydrogen-bond acceptors (Lipinski definition) is 7. The molecule has 11 heteroatoms. The van der Waals surface area contributed by atoms with Crippen molar-refractivity contribution >= 4 is 17.6 Å². The first-order chi connectivity index (χ1) is 16.3. The minimum Gasteiger partial charge on any atom is -0.465 e. The van der Waals surface area contributed by atoms with E-state index in [4.69, 9.17) is 10.5 Å². The van der Waals surface area contributed by atoms with Crippen LogP contribution in [-0.4, -0.2) is 44.3 Å². The van der Waals surface area contributed by atoms with Gasteiger partial charge in [-0.05, 0) is 43.2 Å². The van der Waals surface area contributed by atoms with Gasteiger partial charge in [0.15, 0.2) is 0 Å². The molecular weight excluding hydrogens is 440 g/mol. The van der Waals surface area contributed by atoms with Gasteiger partial charge in [-0.3, -0.25) is 24.0 Å². The summed E-state index contributed by atoms with van der Waals surface area (Å²) in [4.78, 5) is 51.5. The number of amides is 1. The lowest BCUT2D eigenvalue weighted by Gasteiger charge is -2.14. The molecule has 1 aliphatic carbocycles. The van der Waals surface area contributed by atoms with Crippen molar-refractivity contribution in [2.45, 2.75) is 44.7 Å². The number of aromatic amines is 2. The summed E-state index contributed by atoms with van der Waals surface area (Å²) in [6.45, 7) is 2.16. The fourth-order valence-electron chi connectivity index (χ4n) is 4.23. The van der Waals surface area contributed by atoms with Gasteiger partial charge < -0.3 is 20.8 Å². The number of anilines is 1. The fraction of sp³-hybridized carbons (Fsp3) is 0.348. The number of nitrogens with zero attached hydrogens (tertiary/aromatic N) is 2. The van der Waals surface area contributed by atoms with Gasteiger partial charge in [0.25, 0.3) is 11.5 Å². The molecule has 2 aromatic heterocycles. The number of nitrogens with two attached hydrogens (primary N) is 1. The molecule has 1 saturated carbocycles. The Morgan fingerprint density at radius 3 is 2.68 bits per heavy atom. The molecule has 2 atom stereocenters. The number of carbonyl (C=O) groups excluding carboxylic acids is 2. The molecule has 178 valence electrons. The van der Waals surface area contributed by atoms with Crippen molar-refractivity contribution < 1.29 is 14.3 Å². The number of carbonyl (C=O) groups is 2. The second-order valence-corrected chi connectivity index (χ2v) is 8.23. The molecule has 1 fully saturated rings. The topological polar surface area (TPSA) is 165 Å². The molecule has 2 heterocycles. The van der Waals surface area contributed by atoms with Gasteiger partial charge in [-0.2, -0.15) is 5.10 Å². The minimum absolute atomic E-state index is 0.0675. The summed E-state index contributed by atoms with van der Waals surface area (Å²) in [7, 11) is 0. The molecule has 3 aromatic rings. The molecule has 5 N–H and O–H groups in total. The zero-order valence-electron chi connectivity index (χ0n) is 18.7. The molecule has 1 aliphatic rings. The SMILES string of the molecule is CCOC(=O)Cn1cc(-c2ccc([C@@H]3CC[C@H](NC(=O)c4[nH]c(=O)[nH]c(=O)c4N)C3)cc2)cn1. The average molecular weight is 466 g/mol. The second-order valence-electron chi connectivity index (χ2n) is 8.23. The molecule has 1 aromatic carbocycles. The van der Waals surface area contributed by atoms with Crippen LogP contribution in [0.25, 0.3) is 11.1 Å². The van der Waals surface area contributed by atoms with Gasteiger partial charge in [-0.25, -0.2) is 4.79 Å². The summed E-state index contributed by atoms with van der Waals surface area (Å²) in [5.41, 5.74) is 6.59. The number of aromatic nitrogens is 4. The number of benzene rings is 1. The van der Waals surface area contributed by atoms with E-state index >= 15 is 0 Å². The predicted octanol–water partition coefficient (Wildman–Crippen LogP) is 1.14. The van der Waals surface area contributed by atoms with E-state index in [1.807, 2.05) is 17.1 Å². The van der Waals surface area contributed by atoms with E-state index in [1.165, 1.54) is 0 Å². The van der Waals surface area contributed by atoms with Crippen LogP contribution in [0.2, 0.25) is 0 Å². The van der Waals surface area contributed by atoms with Crippen molar-refractivity contribution in [3.63, 3.8) is 0 Å². The minimum atomic E-state index is -0.787. The van der Waals surface area contributed by atoms with E-state index in [9.17, 15) is 19.2 Å². The quantitative estimate of drug-likeness (QED) is 0.379. The Morgan fingerprint density at radius 2 is 1.94 bits per heavy atom. The van der Waals surface area contributed by atoms with E-state index in [0.29, 0.717) is 6.61 Å². The summed E-state index contributed by atoms with van der Waals surface area (Å²) in [5, 5.41) is 7.08. The van der Waals surface area contributed by atoms with Crippen LogP contribution < -0.4 is 22.3 Å². The van der Waals surface area contributed by atoms with E-state index in [0.717, 1.165) is 36.0 Å². The third-order valence-corrected chi connectivity index (χ3v) is 5.92. The number of rotatable bonds is 7. The molecule has 0 spiro atoms. The van der Waals surface area contributed by atoms with E-state index in [2.05, 4.69) is 27.5 Å². The Balaban J connectivity index is 1.37. The monoisotopic (exact) mass is 466 g/mol. The highest BCUT2D eigenvalue weighted by Gasteiger charge is 2.28. The molecule has 0 radical (unpaired) electrons. The lowest BCUT2D eigenvalue weighted by atomic mass is 9.95. The van der Waals surface area contributed by atoms with Gasteiger partial charge in [0.05, 0.1) is 12.8 Å². The first-order valence-electron chi connectivity index (χ1n) is 11.1. The van der Waals surface area contributed by atoms with Crippen molar-refractivity contribution in [3.05, 3.63) is 68.8 Å². The maximum Gasteiger partial charge on any atom is 0.327 e. The lowest BCUT2D eigenvalue weighted by molar-refractivity contribution is -0.144. The van der Waals surface area contributed by atoms with Crippen LogP contribution in [0.3, 0.4) is 0 Å². The van der Waals surface area contributed by atoms with Crippen LogP contribution in [-0.2, 0) is 16.1 Å². The summed E-state index contributed by atoms with van der Waals surface area (Å²) >= 11 is 0. The zero-order chi connectivity index (χ0) is 24.2. The number of ether oxygens (including phenoxy) is 1. The average Bonchev–Trinajstić information content (AvgIpc) is 3.46. The third-order valence-electron chi connectivity index (χ3n) is 5.92. The summed E-state index contributed by atoms with van der Waals surface area (Å²) in [6.07, 6.45) is 5.91. The summed E-state index contributed by atoms with van der Waals surface area (Å²) in [5.74, 6) is -0.633. The number of esters is 1. The van der Waals surface area contributed by atoms with Crippen molar-refractivity contribution in [1.29, 1.82) is 0 Å². The van der Waals surface area contributed by atoms with Gasteiger partial charge in [-0.15, -0.1) is 0 Å².